The molecule has 7 heteroatoms. The van der Waals surface area contributed by atoms with E-state index in [0.717, 1.165) is 30.8 Å². The summed E-state index contributed by atoms with van der Waals surface area (Å²) in [4.78, 5) is 14.4. The Labute approximate surface area is 162 Å². The Hall–Kier alpha value is -1.92. The van der Waals surface area contributed by atoms with Gasteiger partial charge in [-0.1, -0.05) is 44.5 Å². The van der Waals surface area contributed by atoms with E-state index in [-0.39, 0.29) is 18.3 Å². The summed E-state index contributed by atoms with van der Waals surface area (Å²) in [5.74, 6) is 0.358. The normalized spacial score (nSPS) is 10.7. The van der Waals surface area contributed by atoms with Crippen LogP contribution in [0.15, 0.2) is 24.3 Å². The molecule has 26 heavy (non-hydrogen) atoms. The molecule has 0 aliphatic rings. The molecule has 1 amide bonds. The van der Waals surface area contributed by atoms with E-state index in [1.807, 2.05) is 23.9 Å². The molecule has 0 saturated heterocycles. The monoisotopic (exact) mass is 379 g/mol. The van der Waals surface area contributed by atoms with Gasteiger partial charge < -0.3 is 10.2 Å². The van der Waals surface area contributed by atoms with Crippen LogP contribution in [-0.2, 0) is 6.42 Å². The summed E-state index contributed by atoms with van der Waals surface area (Å²) in [5.41, 5.74) is 3.54. The molecule has 1 heterocycles. The van der Waals surface area contributed by atoms with Gasteiger partial charge in [0.2, 0.25) is 0 Å². The first-order valence-electron chi connectivity index (χ1n) is 8.94. The fourth-order valence-corrected chi connectivity index (χ4v) is 2.71. The molecule has 0 atom stereocenters. The molecule has 144 valence electrons. The van der Waals surface area contributed by atoms with Crippen molar-refractivity contribution in [1.82, 2.24) is 25.2 Å². The van der Waals surface area contributed by atoms with Gasteiger partial charge in [0.05, 0.1) is 11.4 Å². The summed E-state index contributed by atoms with van der Waals surface area (Å²) in [7, 11) is 3.67. The molecule has 0 aliphatic carbocycles. The zero-order valence-electron chi connectivity index (χ0n) is 16.3. The highest BCUT2D eigenvalue weighted by Gasteiger charge is 2.22. The fourth-order valence-electron chi connectivity index (χ4n) is 2.71. The Balaban J connectivity index is 0.00000338. The summed E-state index contributed by atoms with van der Waals surface area (Å²) in [6.07, 6.45) is 1.69. The van der Waals surface area contributed by atoms with Crippen molar-refractivity contribution in [2.75, 3.05) is 27.2 Å². The summed E-state index contributed by atoms with van der Waals surface area (Å²) >= 11 is 0. The van der Waals surface area contributed by atoms with Crippen LogP contribution in [0.5, 0.6) is 0 Å². The smallest absolute Gasteiger partial charge is 0.276 e. The maximum absolute atomic E-state index is 12.7. The molecule has 6 nitrogen and oxygen atoms in total. The number of halogens is 1. The molecule has 0 fully saturated rings. The van der Waals surface area contributed by atoms with Gasteiger partial charge in [0, 0.05) is 20.1 Å². The second-order valence-corrected chi connectivity index (χ2v) is 6.63. The van der Waals surface area contributed by atoms with Crippen LogP contribution in [0.1, 0.15) is 54.9 Å². The molecule has 1 N–H and O–H groups in total. The molecule has 0 bridgehead atoms. The SMILES string of the molecule is CCCc1c(C(=O)N(C)CCNC)nnn1-c1cccc(C(C)C)c1.Cl. The summed E-state index contributed by atoms with van der Waals surface area (Å²) < 4.78 is 1.81. The van der Waals surface area contributed by atoms with Gasteiger partial charge in [0.1, 0.15) is 0 Å². The summed E-state index contributed by atoms with van der Waals surface area (Å²) in [6, 6.07) is 8.28. The largest absolute Gasteiger partial charge is 0.339 e. The van der Waals surface area contributed by atoms with Crippen molar-refractivity contribution in [1.29, 1.82) is 0 Å². The predicted molar refractivity (Wildman–Crippen MR) is 108 cm³/mol. The lowest BCUT2D eigenvalue weighted by molar-refractivity contribution is 0.0790. The number of aromatic nitrogens is 3. The number of nitrogens with one attached hydrogen (secondary N) is 1. The quantitative estimate of drug-likeness (QED) is 0.765. The minimum atomic E-state index is -0.0787. The minimum Gasteiger partial charge on any atom is -0.339 e. The van der Waals surface area contributed by atoms with Crippen molar-refractivity contribution in [3.63, 3.8) is 0 Å². The van der Waals surface area contributed by atoms with E-state index in [0.29, 0.717) is 18.2 Å². The number of hydrogen-bond donors (Lipinski definition) is 1. The van der Waals surface area contributed by atoms with Gasteiger partial charge in [-0.3, -0.25) is 4.79 Å². The molecule has 0 saturated carbocycles. The van der Waals surface area contributed by atoms with E-state index in [9.17, 15) is 4.79 Å². The van der Waals surface area contributed by atoms with Gasteiger partial charge >= 0.3 is 0 Å². The van der Waals surface area contributed by atoms with Gasteiger partial charge in [-0.15, -0.1) is 17.5 Å². The minimum absolute atomic E-state index is 0. The lowest BCUT2D eigenvalue weighted by Crippen LogP contribution is -2.33. The average Bonchev–Trinajstić information content (AvgIpc) is 3.03. The summed E-state index contributed by atoms with van der Waals surface area (Å²) in [6.45, 7) is 7.81. The number of rotatable bonds is 8. The van der Waals surface area contributed by atoms with Gasteiger partial charge in [0.25, 0.3) is 5.91 Å². The Bertz CT molecular complexity index is 714. The highest BCUT2D eigenvalue weighted by Crippen LogP contribution is 2.21. The van der Waals surface area contributed by atoms with Crippen LogP contribution in [-0.4, -0.2) is 53.0 Å². The molecule has 0 unspecified atom stereocenters. The van der Waals surface area contributed by atoms with Crippen molar-refractivity contribution in [2.24, 2.45) is 0 Å². The number of carbonyl (C=O) groups is 1. The summed E-state index contributed by atoms with van der Waals surface area (Å²) in [5, 5.41) is 11.6. The second kappa shape index (κ2) is 10.3. The van der Waals surface area contributed by atoms with Crippen LogP contribution in [0.3, 0.4) is 0 Å². The zero-order valence-corrected chi connectivity index (χ0v) is 17.1. The van der Waals surface area contributed by atoms with Crippen molar-refractivity contribution in [3.05, 3.63) is 41.2 Å². The number of carbonyl (C=O) groups excluding carboxylic acids is 1. The van der Waals surface area contributed by atoms with Gasteiger partial charge in [-0.2, -0.15) is 0 Å². The topological polar surface area (TPSA) is 63.1 Å². The second-order valence-electron chi connectivity index (χ2n) is 6.63. The van der Waals surface area contributed by atoms with Crippen molar-refractivity contribution >= 4 is 18.3 Å². The molecular formula is C19H30ClN5O. The molecule has 1 aromatic carbocycles. The molecular weight excluding hydrogens is 350 g/mol. The van der Waals surface area contributed by atoms with Gasteiger partial charge in [-0.25, -0.2) is 4.68 Å². The lowest BCUT2D eigenvalue weighted by Gasteiger charge is -2.16. The Morgan fingerprint density at radius 1 is 1.35 bits per heavy atom. The Morgan fingerprint density at radius 3 is 2.69 bits per heavy atom. The maximum Gasteiger partial charge on any atom is 0.276 e. The van der Waals surface area contributed by atoms with Crippen molar-refractivity contribution < 1.29 is 4.79 Å². The molecule has 1 aromatic heterocycles. The van der Waals surface area contributed by atoms with Crippen LogP contribution >= 0.6 is 12.4 Å². The number of amides is 1. The zero-order chi connectivity index (χ0) is 18.4. The van der Waals surface area contributed by atoms with Crippen molar-refractivity contribution in [2.45, 2.75) is 39.5 Å². The standard InChI is InChI=1S/C19H29N5O.ClH/c1-6-8-17-18(19(25)23(5)12-11-20-4)21-22-24(17)16-10-7-9-15(13-16)14(2)3;/h7,9-10,13-14,20H,6,8,11-12H2,1-5H3;1H. The molecule has 0 radical (unpaired) electrons. The van der Waals surface area contributed by atoms with E-state index in [4.69, 9.17) is 0 Å². The molecule has 0 spiro atoms. The Morgan fingerprint density at radius 2 is 2.08 bits per heavy atom. The third-order valence-corrected chi connectivity index (χ3v) is 4.28. The first-order chi connectivity index (χ1) is 12.0. The highest BCUT2D eigenvalue weighted by atomic mass is 35.5. The predicted octanol–water partition coefficient (Wildman–Crippen LogP) is 3.06. The molecule has 2 rings (SSSR count). The first-order valence-corrected chi connectivity index (χ1v) is 8.94. The van der Waals surface area contributed by atoms with E-state index >= 15 is 0 Å². The fraction of sp³-hybridized carbons (Fsp3) is 0.526. The third-order valence-electron chi connectivity index (χ3n) is 4.28. The highest BCUT2D eigenvalue weighted by molar-refractivity contribution is 5.93. The lowest BCUT2D eigenvalue weighted by atomic mass is 10.0. The van der Waals surface area contributed by atoms with E-state index in [2.05, 4.69) is 48.5 Å². The van der Waals surface area contributed by atoms with E-state index < -0.39 is 0 Å². The van der Waals surface area contributed by atoms with Crippen LogP contribution in [0.25, 0.3) is 5.69 Å². The average molecular weight is 380 g/mol. The van der Waals surface area contributed by atoms with Gasteiger partial charge in [-0.05, 0) is 37.1 Å². The molecule has 0 aliphatic heterocycles. The van der Waals surface area contributed by atoms with Crippen molar-refractivity contribution in [3.8, 4) is 5.69 Å². The van der Waals surface area contributed by atoms with E-state index in [1.54, 1.807) is 11.9 Å². The number of hydrogen-bond acceptors (Lipinski definition) is 4. The van der Waals surface area contributed by atoms with E-state index in [1.165, 1.54) is 5.56 Å². The van der Waals surface area contributed by atoms with Crippen LogP contribution < -0.4 is 5.32 Å². The molecule has 2 aromatic rings. The Kier molecular flexibility index (Phi) is 8.75. The van der Waals surface area contributed by atoms with Crippen LogP contribution in [0, 0.1) is 0 Å². The number of benzene rings is 1. The third kappa shape index (κ3) is 5.05. The maximum atomic E-state index is 12.7. The van der Waals surface area contributed by atoms with Crippen LogP contribution in [0.2, 0.25) is 0 Å². The number of likely N-dealkylation sites (N-methyl/N-ethyl adjacent to an activating group) is 2. The van der Waals surface area contributed by atoms with Gasteiger partial charge in [0.15, 0.2) is 5.69 Å². The number of nitrogens with zero attached hydrogens (tertiary/aromatic N) is 4. The van der Waals surface area contributed by atoms with Crippen LogP contribution in [0.4, 0.5) is 0 Å². The first kappa shape index (κ1) is 22.1.